The summed E-state index contributed by atoms with van der Waals surface area (Å²) in [5.41, 5.74) is 0.774. The zero-order chi connectivity index (χ0) is 14.7. The molecular formula is C13H15ClN2O4. The number of hydrogen-bond donors (Lipinski definition) is 1. The van der Waals surface area contributed by atoms with Crippen LogP contribution in [0.3, 0.4) is 0 Å². The Kier molecular flexibility index (Phi) is 4.57. The SMILES string of the molecule is O=C(O)C1CCCN1CC(Cl)c1ccc([N+](=O)[O-])cc1. The van der Waals surface area contributed by atoms with Crippen molar-refractivity contribution in [2.45, 2.75) is 24.3 Å². The average molecular weight is 299 g/mol. The highest BCUT2D eigenvalue weighted by atomic mass is 35.5. The van der Waals surface area contributed by atoms with Crippen molar-refractivity contribution >= 4 is 23.3 Å². The highest BCUT2D eigenvalue weighted by molar-refractivity contribution is 6.21. The quantitative estimate of drug-likeness (QED) is 0.513. The Morgan fingerprint density at radius 1 is 1.50 bits per heavy atom. The van der Waals surface area contributed by atoms with Gasteiger partial charge in [-0.2, -0.15) is 0 Å². The van der Waals surface area contributed by atoms with Crippen LogP contribution in [0.5, 0.6) is 0 Å². The number of likely N-dealkylation sites (tertiary alicyclic amines) is 1. The summed E-state index contributed by atoms with van der Waals surface area (Å²) in [4.78, 5) is 23.1. The van der Waals surface area contributed by atoms with Crippen molar-refractivity contribution in [1.29, 1.82) is 0 Å². The van der Waals surface area contributed by atoms with Crippen LogP contribution >= 0.6 is 11.6 Å². The number of benzene rings is 1. The van der Waals surface area contributed by atoms with Gasteiger partial charge in [0.05, 0.1) is 10.3 Å². The van der Waals surface area contributed by atoms with E-state index in [2.05, 4.69) is 0 Å². The average Bonchev–Trinajstić information content (AvgIpc) is 2.87. The maximum atomic E-state index is 11.1. The van der Waals surface area contributed by atoms with E-state index in [9.17, 15) is 14.9 Å². The Hall–Kier alpha value is -1.66. The smallest absolute Gasteiger partial charge is 0.320 e. The summed E-state index contributed by atoms with van der Waals surface area (Å²) >= 11 is 6.28. The van der Waals surface area contributed by atoms with Crippen LogP contribution < -0.4 is 0 Å². The van der Waals surface area contributed by atoms with Crippen LogP contribution in [-0.4, -0.2) is 40.0 Å². The summed E-state index contributed by atoms with van der Waals surface area (Å²) in [5, 5.41) is 19.3. The lowest BCUT2D eigenvalue weighted by atomic mass is 10.1. The molecule has 2 unspecified atom stereocenters. The van der Waals surface area contributed by atoms with Gasteiger partial charge in [0, 0.05) is 18.7 Å². The van der Waals surface area contributed by atoms with Gasteiger partial charge in [0.1, 0.15) is 6.04 Å². The number of carboxylic acid groups (broad SMARTS) is 1. The molecule has 1 saturated heterocycles. The molecular weight excluding hydrogens is 284 g/mol. The highest BCUT2D eigenvalue weighted by Gasteiger charge is 2.31. The third kappa shape index (κ3) is 3.26. The topological polar surface area (TPSA) is 83.7 Å². The largest absolute Gasteiger partial charge is 0.480 e. The van der Waals surface area contributed by atoms with Gasteiger partial charge in [0.2, 0.25) is 0 Å². The van der Waals surface area contributed by atoms with Crippen molar-refractivity contribution < 1.29 is 14.8 Å². The predicted octanol–water partition coefficient (Wildman–Crippen LogP) is 2.42. The Morgan fingerprint density at radius 3 is 2.70 bits per heavy atom. The molecule has 0 bridgehead atoms. The Balaban J connectivity index is 2.02. The molecule has 7 heteroatoms. The van der Waals surface area contributed by atoms with Gasteiger partial charge in [-0.3, -0.25) is 19.8 Å². The van der Waals surface area contributed by atoms with Crippen LogP contribution in [0.2, 0.25) is 0 Å². The maximum Gasteiger partial charge on any atom is 0.320 e. The maximum absolute atomic E-state index is 11.1. The fraction of sp³-hybridized carbons (Fsp3) is 0.462. The van der Waals surface area contributed by atoms with Crippen LogP contribution in [0.1, 0.15) is 23.8 Å². The first-order chi connectivity index (χ1) is 9.49. The van der Waals surface area contributed by atoms with E-state index in [1.54, 1.807) is 12.1 Å². The predicted molar refractivity (Wildman–Crippen MR) is 73.9 cm³/mol. The Labute approximate surface area is 121 Å². The monoisotopic (exact) mass is 298 g/mol. The van der Waals surface area contributed by atoms with Gasteiger partial charge in [-0.05, 0) is 24.9 Å². The molecule has 1 aromatic rings. The zero-order valence-electron chi connectivity index (χ0n) is 10.7. The van der Waals surface area contributed by atoms with Crippen LogP contribution in [-0.2, 0) is 4.79 Å². The third-order valence-electron chi connectivity index (χ3n) is 3.51. The molecule has 1 N–H and O–H groups in total. The molecule has 20 heavy (non-hydrogen) atoms. The lowest BCUT2D eigenvalue weighted by molar-refractivity contribution is -0.384. The van der Waals surface area contributed by atoms with E-state index in [0.29, 0.717) is 19.5 Å². The second-order valence-electron chi connectivity index (χ2n) is 4.81. The van der Waals surface area contributed by atoms with E-state index in [0.717, 1.165) is 12.0 Å². The lowest BCUT2D eigenvalue weighted by Gasteiger charge is -2.23. The normalized spacial score (nSPS) is 20.8. The van der Waals surface area contributed by atoms with Crippen molar-refractivity contribution in [3.63, 3.8) is 0 Å². The molecule has 2 rings (SSSR count). The van der Waals surface area contributed by atoms with Crippen molar-refractivity contribution in [1.82, 2.24) is 4.90 Å². The molecule has 0 radical (unpaired) electrons. The van der Waals surface area contributed by atoms with Gasteiger partial charge in [-0.1, -0.05) is 12.1 Å². The number of halogens is 1. The first-order valence-corrected chi connectivity index (χ1v) is 6.78. The van der Waals surface area contributed by atoms with E-state index < -0.39 is 16.9 Å². The number of non-ortho nitro benzene ring substituents is 1. The van der Waals surface area contributed by atoms with E-state index in [4.69, 9.17) is 16.7 Å². The van der Waals surface area contributed by atoms with Crippen LogP contribution in [0.4, 0.5) is 5.69 Å². The van der Waals surface area contributed by atoms with Gasteiger partial charge in [0.25, 0.3) is 5.69 Å². The van der Waals surface area contributed by atoms with Gasteiger partial charge >= 0.3 is 5.97 Å². The Morgan fingerprint density at radius 2 is 2.15 bits per heavy atom. The van der Waals surface area contributed by atoms with Gasteiger partial charge in [0.15, 0.2) is 0 Å². The fourth-order valence-electron chi connectivity index (χ4n) is 2.44. The van der Waals surface area contributed by atoms with E-state index >= 15 is 0 Å². The number of rotatable bonds is 5. The molecule has 6 nitrogen and oxygen atoms in total. The molecule has 0 saturated carbocycles. The molecule has 2 atom stereocenters. The number of nitro groups is 1. The minimum atomic E-state index is -0.824. The van der Waals surface area contributed by atoms with E-state index in [1.807, 2.05) is 4.90 Å². The summed E-state index contributed by atoms with van der Waals surface area (Å²) in [6.45, 7) is 1.14. The number of carbonyl (C=O) groups is 1. The van der Waals surface area contributed by atoms with Crippen molar-refractivity contribution in [2.75, 3.05) is 13.1 Å². The summed E-state index contributed by atoms with van der Waals surface area (Å²) < 4.78 is 0. The molecule has 0 aliphatic carbocycles. The Bertz CT molecular complexity index is 506. The van der Waals surface area contributed by atoms with Gasteiger partial charge < -0.3 is 5.11 Å². The second-order valence-corrected chi connectivity index (χ2v) is 5.33. The summed E-state index contributed by atoms with van der Waals surface area (Å²) in [5.74, 6) is -0.824. The summed E-state index contributed by atoms with van der Waals surface area (Å²) in [7, 11) is 0. The van der Waals surface area contributed by atoms with Crippen molar-refractivity contribution in [2.24, 2.45) is 0 Å². The second kappa shape index (κ2) is 6.19. The molecule has 1 aliphatic heterocycles. The van der Waals surface area contributed by atoms with Crippen LogP contribution in [0.25, 0.3) is 0 Å². The minimum Gasteiger partial charge on any atom is -0.480 e. The third-order valence-corrected chi connectivity index (χ3v) is 3.90. The number of nitro benzene ring substituents is 1. The number of carboxylic acids is 1. The molecule has 0 aromatic heterocycles. The fourth-order valence-corrected chi connectivity index (χ4v) is 2.76. The molecule has 1 aliphatic rings. The summed E-state index contributed by atoms with van der Waals surface area (Å²) in [6.07, 6.45) is 1.49. The minimum absolute atomic E-state index is 0.0159. The molecule has 1 fully saturated rings. The molecule has 1 aromatic carbocycles. The molecule has 1 heterocycles. The van der Waals surface area contributed by atoms with Gasteiger partial charge in [-0.25, -0.2) is 0 Å². The number of hydrogen-bond acceptors (Lipinski definition) is 4. The molecule has 0 spiro atoms. The standard InChI is InChI=1S/C13H15ClN2O4/c14-11(8-15-7-1-2-12(15)13(17)18)9-3-5-10(6-4-9)16(19)20/h3-6,11-12H,1-2,7-8H2,(H,17,18). The molecule has 0 amide bonds. The zero-order valence-corrected chi connectivity index (χ0v) is 11.5. The first-order valence-electron chi connectivity index (χ1n) is 6.34. The number of aliphatic carboxylic acids is 1. The first kappa shape index (κ1) is 14.7. The summed E-state index contributed by atoms with van der Waals surface area (Å²) in [6, 6.07) is 5.56. The highest BCUT2D eigenvalue weighted by Crippen LogP contribution is 2.27. The lowest BCUT2D eigenvalue weighted by Crippen LogP contribution is -2.37. The van der Waals surface area contributed by atoms with Crippen molar-refractivity contribution in [3.8, 4) is 0 Å². The van der Waals surface area contributed by atoms with Crippen LogP contribution in [0, 0.1) is 10.1 Å². The van der Waals surface area contributed by atoms with Crippen LogP contribution in [0.15, 0.2) is 24.3 Å². The van der Waals surface area contributed by atoms with Gasteiger partial charge in [-0.15, -0.1) is 11.6 Å². The van der Waals surface area contributed by atoms with E-state index in [1.165, 1.54) is 12.1 Å². The number of alkyl halides is 1. The molecule has 108 valence electrons. The number of nitrogens with zero attached hydrogens (tertiary/aromatic N) is 2. The van der Waals surface area contributed by atoms with E-state index in [-0.39, 0.29) is 11.1 Å². The van der Waals surface area contributed by atoms with Crippen molar-refractivity contribution in [3.05, 3.63) is 39.9 Å².